The maximum Gasteiger partial charge on any atom is 0.257 e. The van der Waals surface area contributed by atoms with Crippen LogP contribution in [0.4, 0.5) is 11.4 Å². The van der Waals surface area contributed by atoms with Gasteiger partial charge in [-0.2, -0.15) is 4.31 Å². The third kappa shape index (κ3) is 5.11. The number of benzene rings is 2. The van der Waals surface area contributed by atoms with Gasteiger partial charge in [0.25, 0.3) is 5.91 Å². The summed E-state index contributed by atoms with van der Waals surface area (Å²) in [5.74, 6) is -0.809. The number of anilines is 2. The van der Waals surface area contributed by atoms with E-state index in [-0.39, 0.29) is 52.7 Å². The Bertz CT molecular complexity index is 1070. The molecule has 2 N–H and O–H groups in total. The molecule has 1 saturated heterocycles. The Kier molecular flexibility index (Phi) is 6.99. The van der Waals surface area contributed by atoms with Gasteiger partial charge in [0.05, 0.1) is 28.8 Å². The molecule has 0 radical (unpaired) electrons. The minimum absolute atomic E-state index is 0.0216. The second-order valence-corrected chi connectivity index (χ2v) is 9.21. The van der Waals surface area contributed by atoms with Crippen LogP contribution >= 0.6 is 23.2 Å². The van der Waals surface area contributed by atoms with E-state index in [9.17, 15) is 18.0 Å². The van der Waals surface area contributed by atoms with E-state index < -0.39 is 15.9 Å². The third-order valence-electron chi connectivity index (χ3n) is 4.32. The molecular weight excluding hydrogens is 453 g/mol. The highest BCUT2D eigenvalue weighted by Crippen LogP contribution is 2.31. The van der Waals surface area contributed by atoms with E-state index in [1.165, 1.54) is 23.4 Å². The Balaban J connectivity index is 1.86. The van der Waals surface area contributed by atoms with Crippen molar-refractivity contribution in [3.8, 4) is 0 Å². The van der Waals surface area contributed by atoms with Crippen LogP contribution in [0.25, 0.3) is 0 Å². The molecule has 0 aromatic heterocycles. The SMILES string of the molecule is CC(=O)Nc1ccc(NC(=O)c2cc(S(=O)(=O)N3CCOCC3)c(Cl)cc2Cl)cc1. The lowest BCUT2D eigenvalue weighted by Crippen LogP contribution is -2.40. The predicted octanol–water partition coefficient (Wildman–Crippen LogP) is 3.23. The first-order valence-electron chi connectivity index (χ1n) is 8.94. The van der Waals surface area contributed by atoms with Crippen molar-refractivity contribution in [3.05, 3.63) is 52.0 Å². The first-order valence-corrected chi connectivity index (χ1v) is 11.1. The molecule has 2 amide bonds. The smallest absolute Gasteiger partial charge is 0.257 e. The van der Waals surface area contributed by atoms with Crippen LogP contribution in [0.3, 0.4) is 0 Å². The van der Waals surface area contributed by atoms with Gasteiger partial charge in [-0.05, 0) is 36.4 Å². The summed E-state index contributed by atoms with van der Waals surface area (Å²) in [5, 5.41) is 5.22. The van der Waals surface area contributed by atoms with Gasteiger partial charge in [0.1, 0.15) is 4.90 Å². The van der Waals surface area contributed by atoms with E-state index in [0.29, 0.717) is 11.4 Å². The Morgan fingerprint density at radius 1 is 0.967 bits per heavy atom. The maximum absolute atomic E-state index is 13.0. The number of nitrogens with one attached hydrogen (secondary N) is 2. The molecule has 0 saturated carbocycles. The van der Waals surface area contributed by atoms with Crippen LogP contribution in [-0.2, 0) is 19.6 Å². The van der Waals surface area contributed by atoms with Gasteiger partial charge in [-0.3, -0.25) is 9.59 Å². The highest BCUT2D eigenvalue weighted by atomic mass is 35.5. The standard InChI is InChI=1S/C19H19Cl2N3O5S/c1-12(25)22-13-2-4-14(5-3-13)23-19(26)15-10-18(17(21)11-16(15)20)30(27,28)24-6-8-29-9-7-24/h2-5,10-11H,6-9H2,1H3,(H,22,25)(H,23,26). The zero-order valence-corrected chi connectivity index (χ0v) is 18.3. The zero-order chi connectivity index (χ0) is 21.9. The molecule has 30 heavy (non-hydrogen) atoms. The number of hydrogen-bond acceptors (Lipinski definition) is 5. The summed E-state index contributed by atoms with van der Waals surface area (Å²) >= 11 is 12.3. The molecule has 1 heterocycles. The summed E-state index contributed by atoms with van der Waals surface area (Å²) in [6.45, 7) is 2.35. The van der Waals surface area contributed by atoms with E-state index in [2.05, 4.69) is 10.6 Å². The largest absolute Gasteiger partial charge is 0.379 e. The zero-order valence-electron chi connectivity index (χ0n) is 15.9. The molecule has 2 aromatic rings. The van der Waals surface area contributed by atoms with Gasteiger partial charge in [0.2, 0.25) is 15.9 Å². The minimum Gasteiger partial charge on any atom is -0.379 e. The number of carbonyl (C=O) groups excluding carboxylic acids is 2. The highest BCUT2D eigenvalue weighted by molar-refractivity contribution is 7.89. The van der Waals surface area contributed by atoms with Gasteiger partial charge < -0.3 is 15.4 Å². The molecular formula is C19H19Cl2N3O5S. The molecule has 1 aliphatic rings. The van der Waals surface area contributed by atoms with Gasteiger partial charge in [-0.1, -0.05) is 23.2 Å². The molecule has 0 spiro atoms. The normalized spacial score (nSPS) is 14.9. The van der Waals surface area contributed by atoms with E-state index in [4.69, 9.17) is 27.9 Å². The number of nitrogens with zero attached hydrogens (tertiary/aromatic N) is 1. The van der Waals surface area contributed by atoms with Crippen molar-refractivity contribution < 1.29 is 22.7 Å². The molecule has 0 bridgehead atoms. The summed E-state index contributed by atoms with van der Waals surface area (Å²) in [4.78, 5) is 23.6. The van der Waals surface area contributed by atoms with Gasteiger partial charge in [-0.25, -0.2) is 8.42 Å². The summed E-state index contributed by atoms with van der Waals surface area (Å²) in [7, 11) is -3.91. The molecule has 0 atom stereocenters. The fourth-order valence-corrected chi connectivity index (χ4v) is 5.11. The third-order valence-corrected chi connectivity index (χ3v) is 6.99. The van der Waals surface area contributed by atoms with E-state index >= 15 is 0 Å². The second kappa shape index (κ2) is 9.32. The molecule has 11 heteroatoms. The fraction of sp³-hybridized carbons (Fsp3) is 0.263. The van der Waals surface area contributed by atoms with Crippen molar-refractivity contribution in [3.63, 3.8) is 0 Å². The number of rotatable bonds is 5. The number of hydrogen-bond donors (Lipinski definition) is 2. The Morgan fingerprint density at radius 2 is 1.53 bits per heavy atom. The fourth-order valence-electron chi connectivity index (χ4n) is 2.87. The van der Waals surface area contributed by atoms with Crippen LogP contribution < -0.4 is 10.6 Å². The van der Waals surface area contributed by atoms with E-state index in [0.717, 1.165) is 0 Å². The van der Waals surface area contributed by atoms with Gasteiger partial charge in [0, 0.05) is 31.4 Å². The monoisotopic (exact) mass is 471 g/mol. The van der Waals surface area contributed by atoms with Crippen LogP contribution in [0.2, 0.25) is 10.0 Å². The van der Waals surface area contributed by atoms with Crippen molar-refractivity contribution >= 4 is 56.4 Å². The molecule has 1 aliphatic heterocycles. The van der Waals surface area contributed by atoms with Gasteiger partial charge in [-0.15, -0.1) is 0 Å². The number of carbonyl (C=O) groups is 2. The lowest BCUT2D eigenvalue weighted by molar-refractivity contribution is -0.114. The maximum atomic E-state index is 13.0. The van der Waals surface area contributed by atoms with E-state index in [1.54, 1.807) is 24.3 Å². The Morgan fingerprint density at radius 3 is 2.10 bits per heavy atom. The number of sulfonamides is 1. The molecule has 0 aliphatic carbocycles. The van der Waals surface area contributed by atoms with Crippen LogP contribution in [0.1, 0.15) is 17.3 Å². The minimum atomic E-state index is -3.91. The van der Waals surface area contributed by atoms with Crippen LogP contribution in [-0.4, -0.2) is 50.8 Å². The summed E-state index contributed by atoms with van der Waals surface area (Å²) in [6, 6.07) is 8.85. The van der Waals surface area contributed by atoms with Crippen molar-refractivity contribution in [2.24, 2.45) is 0 Å². The first-order chi connectivity index (χ1) is 14.2. The summed E-state index contributed by atoms with van der Waals surface area (Å²) < 4.78 is 32.4. The van der Waals surface area contributed by atoms with Gasteiger partial charge >= 0.3 is 0 Å². The summed E-state index contributed by atoms with van der Waals surface area (Å²) in [6.07, 6.45) is 0. The molecule has 1 fully saturated rings. The number of ether oxygens (including phenoxy) is 1. The second-order valence-electron chi connectivity index (χ2n) is 6.49. The van der Waals surface area contributed by atoms with E-state index in [1.807, 2.05) is 0 Å². The van der Waals surface area contributed by atoms with Crippen molar-refractivity contribution in [1.29, 1.82) is 0 Å². The average Bonchev–Trinajstić information content (AvgIpc) is 2.69. The molecule has 2 aromatic carbocycles. The molecule has 0 unspecified atom stereocenters. The Labute approximate surface area is 184 Å². The predicted molar refractivity (Wildman–Crippen MR) is 115 cm³/mol. The van der Waals surface area contributed by atoms with Crippen LogP contribution in [0.5, 0.6) is 0 Å². The lowest BCUT2D eigenvalue weighted by Gasteiger charge is -2.26. The number of amides is 2. The first kappa shape index (κ1) is 22.5. The number of morpholine rings is 1. The topological polar surface area (TPSA) is 105 Å². The van der Waals surface area contributed by atoms with Crippen molar-refractivity contribution in [1.82, 2.24) is 4.31 Å². The summed E-state index contributed by atoms with van der Waals surface area (Å²) in [5.41, 5.74) is 0.987. The van der Waals surface area contributed by atoms with Crippen LogP contribution in [0, 0.1) is 0 Å². The quantitative estimate of drug-likeness (QED) is 0.696. The molecule has 160 valence electrons. The van der Waals surface area contributed by atoms with Crippen molar-refractivity contribution in [2.45, 2.75) is 11.8 Å². The average molecular weight is 472 g/mol. The molecule has 8 nitrogen and oxygen atoms in total. The number of halogens is 2. The van der Waals surface area contributed by atoms with Crippen molar-refractivity contribution in [2.75, 3.05) is 36.9 Å². The van der Waals surface area contributed by atoms with Crippen LogP contribution in [0.15, 0.2) is 41.3 Å². The highest BCUT2D eigenvalue weighted by Gasteiger charge is 2.30. The Hall–Kier alpha value is -2.17. The lowest BCUT2D eigenvalue weighted by atomic mass is 10.2. The molecule has 3 rings (SSSR count). The van der Waals surface area contributed by atoms with Gasteiger partial charge in [0.15, 0.2) is 0 Å².